The van der Waals surface area contributed by atoms with Crippen LogP contribution in [0.25, 0.3) is 21.1 Å². The zero-order valence-electron chi connectivity index (χ0n) is 13.9. The summed E-state index contributed by atoms with van der Waals surface area (Å²) >= 11 is 1.53. The van der Waals surface area contributed by atoms with Crippen molar-refractivity contribution >= 4 is 37.6 Å². The molecule has 128 valence electrons. The average molecular weight is 362 g/mol. The Morgan fingerprint density at radius 3 is 2.81 bits per heavy atom. The van der Waals surface area contributed by atoms with Crippen LogP contribution >= 0.6 is 11.3 Å². The number of nitrogens with zero attached hydrogens (tertiary/aromatic N) is 2. The lowest BCUT2D eigenvalue weighted by Crippen LogP contribution is -2.09. The number of ether oxygens (including phenoxy) is 1. The first-order valence-corrected chi connectivity index (χ1v) is 8.73. The highest BCUT2D eigenvalue weighted by molar-refractivity contribution is 7.22. The van der Waals surface area contributed by atoms with Crippen LogP contribution < -0.4 is 15.6 Å². The molecule has 0 aliphatic rings. The molecule has 0 spiro atoms. The van der Waals surface area contributed by atoms with E-state index in [4.69, 9.17) is 10.00 Å². The molecule has 0 fully saturated rings. The molecule has 2 aromatic carbocycles. The van der Waals surface area contributed by atoms with Crippen molar-refractivity contribution in [3.8, 4) is 11.8 Å². The quantitative estimate of drug-likeness (QED) is 0.578. The monoisotopic (exact) mass is 362 g/mol. The lowest BCUT2D eigenvalue weighted by molar-refractivity contribution is 0.414. The topological polar surface area (TPSA) is 90.8 Å². The third kappa shape index (κ3) is 2.87. The first-order valence-electron chi connectivity index (χ1n) is 7.91. The summed E-state index contributed by atoms with van der Waals surface area (Å²) in [6.07, 6.45) is 0. The van der Waals surface area contributed by atoms with Crippen LogP contribution in [0, 0.1) is 11.3 Å². The van der Waals surface area contributed by atoms with E-state index in [0.717, 1.165) is 32.0 Å². The van der Waals surface area contributed by atoms with Crippen molar-refractivity contribution in [2.24, 2.45) is 0 Å². The lowest BCUT2D eigenvalue weighted by atomic mass is 10.1. The fourth-order valence-electron chi connectivity index (χ4n) is 2.75. The molecule has 0 atom stereocenters. The van der Waals surface area contributed by atoms with Gasteiger partial charge in [0.25, 0.3) is 5.56 Å². The summed E-state index contributed by atoms with van der Waals surface area (Å²) in [6, 6.07) is 15.1. The van der Waals surface area contributed by atoms with Crippen molar-refractivity contribution in [2.45, 2.75) is 6.54 Å². The van der Waals surface area contributed by atoms with E-state index in [-0.39, 0.29) is 11.1 Å². The van der Waals surface area contributed by atoms with Crippen molar-refractivity contribution < 1.29 is 4.74 Å². The molecule has 4 aromatic rings. The van der Waals surface area contributed by atoms with E-state index >= 15 is 0 Å². The van der Waals surface area contributed by atoms with E-state index in [1.165, 1.54) is 11.3 Å². The number of benzene rings is 2. The summed E-state index contributed by atoms with van der Waals surface area (Å²) in [5, 5.41) is 14.0. The summed E-state index contributed by atoms with van der Waals surface area (Å²) in [7, 11) is 1.64. The van der Waals surface area contributed by atoms with Gasteiger partial charge >= 0.3 is 0 Å². The summed E-state index contributed by atoms with van der Waals surface area (Å²) in [5.41, 5.74) is 2.27. The van der Waals surface area contributed by atoms with Crippen molar-refractivity contribution in [3.05, 3.63) is 63.9 Å². The van der Waals surface area contributed by atoms with Gasteiger partial charge in [-0.2, -0.15) is 5.26 Å². The molecular weight excluding hydrogens is 348 g/mol. The number of thiazole rings is 1. The number of fused-ring (bicyclic) bond motifs is 3. The minimum atomic E-state index is -0.382. The SMILES string of the molecule is COc1ccc(CNc2nc3c(ccc4[nH]c(=O)c(C#N)cc43)s2)cc1. The number of nitriles is 1. The Balaban J connectivity index is 1.67. The van der Waals surface area contributed by atoms with E-state index in [0.29, 0.717) is 12.1 Å². The van der Waals surface area contributed by atoms with Gasteiger partial charge in [0.05, 0.1) is 22.8 Å². The fourth-order valence-corrected chi connectivity index (χ4v) is 3.63. The molecule has 2 heterocycles. The van der Waals surface area contributed by atoms with E-state index in [1.54, 1.807) is 13.2 Å². The van der Waals surface area contributed by atoms with Gasteiger partial charge in [-0.25, -0.2) is 4.98 Å². The Kier molecular flexibility index (Phi) is 4.03. The van der Waals surface area contributed by atoms with Gasteiger partial charge in [-0.3, -0.25) is 4.79 Å². The zero-order chi connectivity index (χ0) is 18.1. The maximum atomic E-state index is 11.8. The number of hydrogen-bond acceptors (Lipinski definition) is 6. The molecule has 0 bridgehead atoms. The molecule has 0 saturated heterocycles. The zero-order valence-corrected chi connectivity index (χ0v) is 14.7. The molecule has 2 aromatic heterocycles. The van der Waals surface area contributed by atoms with Crippen LogP contribution in [0.15, 0.2) is 47.3 Å². The van der Waals surface area contributed by atoms with Crippen molar-refractivity contribution in [1.82, 2.24) is 9.97 Å². The van der Waals surface area contributed by atoms with Crippen LogP contribution in [0.1, 0.15) is 11.1 Å². The largest absolute Gasteiger partial charge is 0.497 e. The first-order chi connectivity index (χ1) is 12.7. The van der Waals surface area contributed by atoms with Gasteiger partial charge in [-0.15, -0.1) is 0 Å². The Labute approximate surface area is 152 Å². The predicted octanol–water partition coefficient (Wildman–Crippen LogP) is 3.63. The maximum absolute atomic E-state index is 11.8. The summed E-state index contributed by atoms with van der Waals surface area (Å²) in [4.78, 5) is 19.2. The van der Waals surface area contributed by atoms with Crippen LogP contribution in [0.2, 0.25) is 0 Å². The Morgan fingerprint density at radius 1 is 1.27 bits per heavy atom. The highest BCUT2D eigenvalue weighted by Gasteiger charge is 2.10. The highest BCUT2D eigenvalue weighted by Crippen LogP contribution is 2.31. The van der Waals surface area contributed by atoms with Gasteiger partial charge in [0.2, 0.25) is 0 Å². The van der Waals surface area contributed by atoms with Gasteiger partial charge < -0.3 is 15.0 Å². The molecule has 0 aliphatic carbocycles. The average Bonchev–Trinajstić information content (AvgIpc) is 3.09. The number of H-pyrrole nitrogens is 1. The number of pyridine rings is 1. The van der Waals surface area contributed by atoms with Crippen LogP contribution in [-0.4, -0.2) is 17.1 Å². The van der Waals surface area contributed by atoms with Gasteiger partial charge in [0.1, 0.15) is 17.4 Å². The Bertz CT molecular complexity index is 1200. The molecule has 0 amide bonds. The second kappa shape index (κ2) is 6.50. The number of methoxy groups -OCH3 is 1. The molecular formula is C19H14N4O2S. The van der Waals surface area contributed by atoms with Crippen molar-refractivity contribution in [2.75, 3.05) is 12.4 Å². The summed E-state index contributed by atoms with van der Waals surface area (Å²) in [6.45, 7) is 0.641. The van der Waals surface area contributed by atoms with Crippen LogP contribution in [0.5, 0.6) is 5.75 Å². The minimum absolute atomic E-state index is 0.0887. The number of rotatable bonds is 4. The Hall–Kier alpha value is -3.37. The normalized spacial score (nSPS) is 10.8. The smallest absolute Gasteiger partial charge is 0.266 e. The van der Waals surface area contributed by atoms with Crippen molar-refractivity contribution in [1.29, 1.82) is 5.26 Å². The molecule has 4 rings (SSSR count). The van der Waals surface area contributed by atoms with Crippen LogP contribution in [0.3, 0.4) is 0 Å². The standard InChI is InChI=1S/C19H14N4O2S/c1-25-13-4-2-11(3-5-13)10-21-19-23-17-14-8-12(9-20)18(24)22-15(14)6-7-16(17)26-19/h2-8H,10H2,1H3,(H,21,23)(H,22,24). The number of aromatic nitrogens is 2. The van der Waals surface area contributed by atoms with Crippen LogP contribution in [-0.2, 0) is 6.54 Å². The highest BCUT2D eigenvalue weighted by atomic mass is 32.1. The number of aromatic amines is 1. The number of nitrogens with one attached hydrogen (secondary N) is 2. The Morgan fingerprint density at radius 2 is 2.08 bits per heavy atom. The molecule has 0 unspecified atom stereocenters. The summed E-state index contributed by atoms with van der Waals surface area (Å²) in [5.74, 6) is 0.822. The summed E-state index contributed by atoms with van der Waals surface area (Å²) < 4.78 is 6.15. The van der Waals surface area contributed by atoms with Crippen LogP contribution in [0.4, 0.5) is 5.13 Å². The third-order valence-electron chi connectivity index (χ3n) is 4.10. The molecule has 0 aliphatic heterocycles. The molecule has 26 heavy (non-hydrogen) atoms. The molecule has 7 heteroatoms. The second-order valence-electron chi connectivity index (χ2n) is 5.72. The second-order valence-corrected chi connectivity index (χ2v) is 6.75. The van der Waals surface area contributed by atoms with E-state index in [9.17, 15) is 4.79 Å². The van der Waals surface area contributed by atoms with E-state index in [2.05, 4.69) is 15.3 Å². The molecule has 0 radical (unpaired) electrons. The fraction of sp³-hybridized carbons (Fsp3) is 0.105. The van der Waals surface area contributed by atoms with E-state index in [1.807, 2.05) is 42.5 Å². The number of hydrogen-bond donors (Lipinski definition) is 2. The third-order valence-corrected chi connectivity index (χ3v) is 5.08. The van der Waals surface area contributed by atoms with Crippen molar-refractivity contribution in [3.63, 3.8) is 0 Å². The van der Waals surface area contributed by atoms with Gasteiger partial charge in [0, 0.05) is 11.9 Å². The first kappa shape index (κ1) is 16.1. The molecule has 2 N–H and O–H groups in total. The van der Waals surface area contributed by atoms with E-state index < -0.39 is 0 Å². The minimum Gasteiger partial charge on any atom is -0.497 e. The van der Waals surface area contributed by atoms with Gasteiger partial charge in [0.15, 0.2) is 5.13 Å². The predicted molar refractivity (Wildman–Crippen MR) is 103 cm³/mol. The maximum Gasteiger partial charge on any atom is 0.266 e. The number of anilines is 1. The molecule has 6 nitrogen and oxygen atoms in total. The van der Waals surface area contributed by atoms with Gasteiger partial charge in [-0.05, 0) is 35.9 Å². The van der Waals surface area contributed by atoms with Gasteiger partial charge in [-0.1, -0.05) is 23.5 Å². The molecule has 0 saturated carbocycles. The lowest BCUT2D eigenvalue weighted by Gasteiger charge is -2.04.